The van der Waals surface area contributed by atoms with Crippen LogP contribution < -0.4 is 0 Å². The second-order valence-corrected chi connectivity index (χ2v) is 7.02. The predicted octanol–water partition coefficient (Wildman–Crippen LogP) is 2.09. The molecular weight excluding hydrogens is 306 g/mol. The minimum atomic E-state index is -0.687. The lowest BCUT2D eigenvalue weighted by Gasteiger charge is -2.22. The number of carbonyl (C=O) groups excluding carboxylic acids is 2. The third kappa shape index (κ3) is 1.89. The molecule has 2 aliphatic carbocycles. The fourth-order valence-corrected chi connectivity index (χ4v) is 4.03. The van der Waals surface area contributed by atoms with Gasteiger partial charge in [-0.05, 0) is 36.8 Å². The summed E-state index contributed by atoms with van der Waals surface area (Å²) < 4.78 is 5.24. The van der Waals surface area contributed by atoms with Crippen LogP contribution in [0.3, 0.4) is 0 Å². The zero-order valence-corrected chi connectivity index (χ0v) is 13.2. The zero-order chi connectivity index (χ0) is 16.3. The van der Waals surface area contributed by atoms with Crippen molar-refractivity contribution in [2.24, 2.45) is 0 Å². The zero-order valence-electron chi connectivity index (χ0n) is 13.2. The molecule has 1 atom stereocenters. The highest BCUT2D eigenvalue weighted by molar-refractivity contribution is 6.09. The highest BCUT2D eigenvalue weighted by Gasteiger charge is 2.55. The molecule has 2 amide bonds. The van der Waals surface area contributed by atoms with Crippen molar-refractivity contribution in [1.82, 2.24) is 15.0 Å². The SMILES string of the molecule is O=C1C[C@@]2(CCc3ccccc32)C(=O)N1Cc1nc(C2CC2)no1. The molecule has 1 spiro atoms. The van der Waals surface area contributed by atoms with Crippen molar-refractivity contribution in [2.45, 2.75) is 50.0 Å². The smallest absolute Gasteiger partial charge is 0.246 e. The van der Waals surface area contributed by atoms with E-state index in [1.165, 1.54) is 10.5 Å². The van der Waals surface area contributed by atoms with Crippen molar-refractivity contribution in [3.05, 3.63) is 47.1 Å². The maximum Gasteiger partial charge on any atom is 0.246 e. The third-order valence-electron chi connectivity index (χ3n) is 5.48. The summed E-state index contributed by atoms with van der Waals surface area (Å²) in [5.74, 6) is 1.17. The monoisotopic (exact) mass is 323 g/mol. The van der Waals surface area contributed by atoms with Gasteiger partial charge in [0, 0.05) is 12.3 Å². The van der Waals surface area contributed by atoms with Crippen molar-refractivity contribution in [3.8, 4) is 0 Å². The number of rotatable bonds is 3. The Morgan fingerprint density at radius 1 is 1.25 bits per heavy atom. The summed E-state index contributed by atoms with van der Waals surface area (Å²) in [6, 6.07) is 7.94. The summed E-state index contributed by atoms with van der Waals surface area (Å²) in [4.78, 5) is 31.2. The second-order valence-electron chi connectivity index (χ2n) is 7.02. The number of imide groups is 1. The van der Waals surface area contributed by atoms with Crippen LogP contribution in [0.1, 0.15) is 54.4 Å². The molecule has 1 saturated heterocycles. The van der Waals surface area contributed by atoms with Gasteiger partial charge in [-0.25, -0.2) is 0 Å². The number of hydrogen-bond donors (Lipinski definition) is 0. The Balaban J connectivity index is 1.44. The quantitative estimate of drug-likeness (QED) is 0.808. The summed E-state index contributed by atoms with van der Waals surface area (Å²) in [5.41, 5.74) is 1.50. The van der Waals surface area contributed by atoms with Crippen LogP contribution in [0.5, 0.6) is 0 Å². The van der Waals surface area contributed by atoms with Gasteiger partial charge >= 0.3 is 0 Å². The molecular formula is C18H17N3O3. The minimum absolute atomic E-state index is 0.0846. The summed E-state index contributed by atoms with van der Waals surface area (Å²) in [7, 11) is 0. The number of hydrogen-bond acceptors (Lipinski definition) is 5. The van der Waals surface area contributed by atoms with Crippen LogP contribution in [0.4, 0.5) is 0 Å². The molecule has 6 heteroatoms. The number of aryl methyl sites for hydroxylation is 1. The van der Waals surface area contributed by atoms with Crippen LogP contribution >= 0.6 is 0 Å². The number of fused-ring (bicyclic) bond motifs is 2. The predicted molar refractivity (Wildman–Crippen MR) is 82.9 cm³/mol. The van der Waals surface area contributed by atoms with Gasteiger partial charge in [0.05, 0.1) is 5.41 Å². The molecule has 1 aromatic carbocycles. The van der Waals surface area contributed by atoms with Crippen LogP contribution in [0.25, 0.3) is 0 Å². The van der Waals surface area contributed by atoms with Crippen LogP contribution in [-0.2, 0) is 28.0 Å². The first-order valence-electron chi connectivity index (χ1n) is 8.43. The van der Waals surface area contributed by atoms with Crippen molar-refractivity contribution < 1.29 is 14.1 Å². The van der Waals surface area contributed by atoms with Crippen molar-refractivity contribution in [2.75, 3.05) is 0 Å². The van der Waals surface area contributed by atoms with Gasteiger partial charge in [-0.15, -0.1) is 0 Å². The standard InChI is InChI=1S/C18H17N3O3/c22-15-9-18(8-7-11-3-1-2-4-13(11)18)17(23)21(15)10-14-19-16(20-24-14)12-5-6-12/h1-4,12H,5-10H2/t18-/m1/s1. The van der Waals surface area contributed by atoms with E-state index in [0.29, 0.717) is 24.1 Å². The molecule has 0 bridgehead atoms. The molecule has 24 heavy (non-hydrogen) atoms. The molecule has 2 aromatic rings. The number of amides is 2. The topological polar surface area (TPSA) is 76.3 Å². The number of likely N-dealkylation sites (tertiary alicyclic amines) is 1. The molecule has 0 unspecified atom stereocenters. The van der Waals surface area contributed by atoms with E-state index in [1.54, 1.807) is 0 Å². The lowest BCUT2D eigenvalue weighted by atomic mass is 9.80. The molecule has 1 saturated carbocycles. The maximum absolute atomic E-state index is 13.1. The first-order chi connectivity index (χ1) is 11.7. The minimum Gasteiger partial charge on any atom is -0.337 e. The number of nitrogens with zero attached hydrogens (tertiary/aromatic N) is 3. The summed E-state index contributed by atoms with van der Waals surface area (Å²) >= 11 is 0. The van der Waals surface area contributed by atoms with E-state index in [2.05, 4.69) is 10.1 Å². The average Bonchev–Trinajstić information content (AvgIpc) is 3.15. The lowest BCUT2D eigenvalue weighted by Crippen LogP contribution is -2.36. The van der Waals surface area contributed by atoms with Crippen molar-refractivity contribution in [3.63, 3.8) is 0 Å². The Bertz CT molecular complexity index is 855. The Hall–Kier alpha value is -2.50. The highest BCUT2D eigenvalue weighted by atomic mass is 16.5. The number of aromatic nitrogens is 2. The van der Waals surface area contributed by atoms with Gasteiger partial charge in [0.1, 0.15) is 6.54 Å². The first kappa shape index (κ1) is 13.9. The Kier molecular flexibility index (Phi) is 2.75. The number of carbonyl (C=O) groups is 2. The fraction of sp³-hybridized carbons (Fsp3) is 0.444. The maximum atomic E-state index is 13.1. The van der Waals surface area contributed by atoms with Gasteiger partial charge in [0.2, 0.25) is 17.7 Å². The van der Waals surface area contributed by atoms with Crippen LogP contribution in [0, 0.1) is 0 Å². The first-order valence-corrected chi connectivity index (χ1v) is 8.43. The molecule has 2 heterocycles. The molecule has 1 aromatic heterocycles. The molecule has 122 valence electrons. The summed E-state index contributed by atoms with van der Waals surface area (Å²) in [6.07, 6.45) is 3.95. The Labute approximate surface area is 138 Å². The third-order valence-corrected chi connectivity index (χ3v) is 5.48. The van der Waals surface area contributed by atoms with Gasteiger partial charge in [-0.2, -0.15) is 4.98 Å². The summed E-state index contributed by atoms with van der Waals surface area (Å²) in [5, 5.41) is 3.96. The van der Waals surface area contributed by atoms with E-state index in [1.807, 2.05) is 24.3 Å². The molecule has 0 N–H and O–H groups in total. The van der Waals surface area contributed by atoms with Crippen LogP contribution in [0.15, 0.2) is 28.8 Å². The highest BCUT2D eigenvalue weighted by Crippen LogP contribution is 2.47. The van der Waals surface area contributed by atoms with E-state index in [0.717, 1.165) is 24.8 Å². The van der Waals surface area contributed by atoms with Gasteiger partial charge in [-0.1, -0.05) is 29.4 Å². The van der Waals surface area contributed by atoms with Gasteiger partial charge < -0.3 is 4.52 Å². The van der Waals surface area contributed by atoms with Gasteiger partial charge in [-0.3, -0.25) is 14.5 Å². The largest absolute Gasteiger partial charge is 0.337 e. The Morgan fingerprint density at radius 2 is 2.08 bits per heavy atom. The fourth-order valence-electron chi connectivity index (χ4n) is 4.03. The molecule has 1 aliphatic heterocycles. The second kappa shape index (κ2) is 4.75. The van der Waals surface area contributed by atoms with E-state index in [4.69, 9.17) is 4.52 Å². The van der Waals surface area contributed by atoms with E-state index < -0.39 is 5.41 Å². The van der Waals surface area contributed by atoms with E-state index >= 15 is 0 Å². The lowest BCUT2D eigenvalue weighted by molar-refractivity contribution is -0.141. The molecule has 2 fully saturated rings. The molecule has 0 radical (unpaired) electrons. The molecule has 5 rings (SSSR count). The Morgan fingerprint density at radius 3 is 2.92 bits per heavy atom. The van der Waals surface area contributed by atoms with Gasteiger partial charge in [0.15, 0.2) is 5.82 Å². The van der Waals surface area contributed by atoms with E-state index in [9.17, 15) is 9.59 Å². The molecule has 6 nitrogen and oxygen atoms in total. The molecule has 3 aliphatic rings. The summed E-state index contributed by atoms with van der Waals surface area (Å²) in [6.45, 7) is 0.0846. The van der Waals surface area contributed by atoms with E-state index in [-0.39, 0.29) is 24.8 Å². The van der Waals surface area contributed by atoms with Crippen molar-refractivity contribution >= 4 is 11.8 Å². The van der Waals surface area contributed by atoms with Crippen LogP contribution in [0.2, 0.25) is 0 Å². The van der Waals surface area contributed by atoms with Crippen molar-refractivity contribution in [1.29, 1.82) is 0 Å². The normalized spacial score (nSPS) is 25.8. The van der Waals surface area contributed by atoms with Crippen LogP contribution in [-0.4, -0.2) is 26.9 Å². The van der Waals surface area contributed by atoms with Gasteiger partial charge in [0.25, 0.3) is 0 Å². The average molecular weight is 323 g/mol. The number of benzene rings is 1.